The number of anilines is 1. The maximum atomic E-state index is 6.17. The average Bonchev–Trinajstić information content (AvgIpc) is 2.83. The van der Waals surface area contributed by atoms with Crippen molar-refractivity contribution in [2.45, 2.75) is 51.4 Å². The molecule has 3 rings (SSSR count). The molecule has 0 saturated heterocycles. The lowest BCUT2D eigenvalue weighted by atomic mass is 9.71. The summed E-state index contributed by atoms with van der Waals surface area (Å²) < 4.78 is 0. The van der Waals surface area contributed by atoms with Crippen LogP contribution in [0.3, 0.4) is 0 Å². The Morgan fingerprint density at radius 3 is 2.55 bits per heavy atom. The summed E-state index contributed by atoms with van der Waals surface area (Å²) in [5, 5.41) is 7.54. The van der Waals surface area contributed by atoms with Gasteiger partial charge in [0.1, 0.15) is 0 Å². The molecule has 0 radical (unpaired) electrons. The van der Waals surface area contributed by atoms with E-state index in [1.165, 1.54) is 48.9 Å². The quantitative estimate of drug-likeness (QED) is 0.859. The molecule has 1 aromatic heterocycles. The number of nitrogens with two attached hydrogens (primary N) is 1. The van der Waals surface area contributed by atoms with Crippen molar-refractivity contribution in [1.29, 1.82) is 0 Å². The van der Waals surface area contributed by atoms with Crippen molar-refractivity contribution in [2.24, 2.45) is 0 Å². The van der Waals surface area contributed by atoms with Gasteiger partial charge < -0.3 is 5.73 Å². The third kappa shape index (κ3) is 2.11. The molecular formula is C17H23N3. The zero-order valence-electron chi connectivity index (χ0n) is 12.4. The van der Waals surface area contributed by atoms with Gasteiger partial charge in [-0.3, -0.25) is 5.10 Å². The fourth-order valence-corrected chi connectivity index (χ4v) is 3.50. The maximum Gasteiger partial charge on any atom is 0.153 e. The van der Waals surface area contributed by atoms with Crippen LogP contribution < -0.4 is 5.73 Å². The van der Waals surface area contributed by atoms with Crippen LogP contribution in [0.2, 0.25) is 0 Å². The van der Waals surface area contributed by atoms with Gasteiger partial charge in [0.15, 0.2) is 5.82 Å². The first-order valence-electron chi connectivity index (χ1n) is 7.52. The van der Waals surface area contributed by atoms with E-state index in [9.17, 15) is 0 Å². The molecule has 2 aromatic rings. The van der Waals surface area contributed by atoms with Crippen LogP contribution in [0.4, 0.5) is 5.82 Å². The molecule has 1 aromatic carbocycles. The van der Waals surface area contributed by atoms with Crippen LogP contribution in [-0.4, -0.2) is 10.2 Å². The Morgan fingerprint density at radius 2 is 1.85 bits per heavy atom. The summed E-state index contributed by atoms with van der Waals surface area (Å²) in [7, 11) is 0. The number of aromatic amines is 1. The monoisotopic (exact) mass is 269 g/mol. The second kappa shape index (κ2) is 4.97. The summed E-state index contributed by atoms with van der Waals surface area (Å²) in [6, 6.07) is 8.42. The number of rotatable bonds is 2. The van der Waals surface area contributed by atoms with Crippen molar-refractivity contribution >= 4 is 5.82 Å². The molecule has 1 heterocycles. The van der Waals surface area contributed by atoms with Crippen LogP contribution >= 0.6 is 0 Å². The van der Waals surface area contributed by atoms with Gasteiger partial charge in [-0.1, -0.05) is 50.5 Å². The molecule has 3 N–H and O–H groups in total. The lowest BCUT2D eigenvalue weighted by Gasteiger charge is -2.33. The molecule has 0 atom stereocenters. The van der Waals surface area contributed by atoms with E-state index in [-0.39, 0.29) is 5.41 Å². The first kappa shape index (κ1) is 13.2. The zero-order valence-corrected chi connectivity index (χ0v) is 12.4. The molecule has 106 valence electrons. The Balaban J connectivity index is 2.13. The molecule has 0 bridgehead atoms. The predicted molar refractivity (Wildman–Crippen MR) is 83.6 cm³/mol. The Bertz CT molecular complexity index is 606. The Morgan fingerprint density at radius 1 is 1.15 bits per heavy atom. The van der Waals surface area contributed by atoms with Crippen LogP contribution in [0, 0.1) is 6.92 Å². The molecule has 0 amide bonds. The van der Waals surface area contributed by atoms with Crippen LogP contribution in [0.25, 0.3) is 11.1 Å². The second-order valence-corrected chi connectivity index (χ2v) is 6.30. The summed E-state index contributed by atoms with van der Waals surface area (Å²) in [5.74, 6) is 0.626. The van der Waals surface area contributed by atoms with Gasteiger partial charge in [-0.15, -0.1) is 0 Å². The first-order chi connectivity index (χ1) is 9.62. The normalized spacial score (nSPS) is 18.1. The minimum Gasteiger partial charge on any atom is -0.382 e. The van der Waals surface area contributed by atoms with Gasteiger partial charge in [0, 0.05) is 11.0 Å². The van der Waals surface area contributed by atoms with Gasteiger partial charge in [0.2, 0.25) is 0 Å². The van der Waals surface area contributed by atoms with E-state index in [1.54, 1.807) is 0 Å². The fourth-order valence-electron chi connectivity index (χ4n) is 3.50. The molecule has 3 heteroatoms. The molecule has 0 aliphatic heterocycles. The molecule has 0 unspecified atom stereocenters. The van der Waals surface area contributed by atoms with Crippen LogP contribution in [0.1, 0.15) is 50.3 Å². The van der Waals surface area contributed by atoms with Crippen molar-refractivity contribution < 1.29 is 0 Å². The van der Waals surface area contributed by atoms with Crippen molar-refractivity contribution in [3.05, 3.63) is 35.5 Å². The number of nitrogens with zero attached hydrogens (tertiary/aromatic N) is 1. The zero-order chi connectivity index (χ0) is 14.2. The average molecular weight is 269 g/mol. The van der Waals surface area contributed by atoms with Crippen molar-refractivity contribution in [1.82, 2.24) is 10.2 Å². The largest absolute Gasteiger partial charge is 0.382 e. The predicted octanol–water partition coefficient (Wildman–Crippen LogP) is 4.19. The highest BCUT2D eigenvalue weighted by atomic mass is 15.2. The number of H-pyrrole nitrogens is 1. The van der Waals surface area contributed by atoms with Gasteiger partial charge >= 0.3 is 0 Å². The molecule has 1 saturated carbocycles. The van der Waals surface area contributed by atoms with E-state index in [4.69, 9.17) is 5.73 Å². The van der Waals surface area contributed by atoms with Crippen molar-refractivity contribution in [3.63, 3.8) is 0 Å². The van der Waals surface area contributed by atoms with Gasteiger partial charge in [0.05, 0.1) is 5.69 Å². The summed E-state index contributed by atoms with van der Waals surface area (Å²) in [4.78, 5) is 0. The van der Waals surface area contributed by atoms with Gasteiger partial charge in [-0.05, 0) is 30.9 Å². The van der Waals surface area contributed by atoms with Gasteiger partial charge in [-0.25, -0.2) is 0 Å². The molecular weight excluding hydrogens is 246 g/mol. The third-order valence-corrected chi connectivity index (χ3v) is 4.77. The highest BCUT2D eigenvalue weighted by molar-refractivity contribution is 5.79. The van der Waals surface area contributed by atoms with E-state index < -0.39 is 0 Å². The minimum atomic E-state index is 0.181. The number of hydrogen-bond acceptors (Lipinski definition) is 2. The topological polar surface area (TPSA) is 54.7 Å². The highest BCUT2D eigenvalue weighted by Crippen LogP contribution is 2.44. The number of aryl methyl sites for hydroxylation is 1. The van der Waals surface area contributed by atoms with Gasteiger partial charge in [-0.2, -0.15) is 5.10 Å². The summed E-state index contributed by atoms with van der Waals surface area (Å²) in [5.41, 5.74) is 11.2. The SMILES string of the molecule is Cc1ccccc1-c1c(N)n[nH]c1C1(C)CCCCC1. The Hall–Kier alpha value is -1.77. The molecule has 1 fully saturated rings. The number of hydrogen-bond donors (Lipinski definition) is 2. The molecule has 1 aliphatic rings. The fraction of sp³-hybridized carbons (Fsp3) is 0.471. The second-order valence-electron chi connectivity index (χ2n) is 6.30. The van der Waals surface area contributed by atoms with E-state index >= 15 is 0 Å². The number of benzene rings is 1. The number of aromatic nitrogens is 2. The van der Waals surface area contributed by atoms with Crippen LogP contribution in [-0.2, 0) is 5.41 Å². The highest BCUT2D eigenvalue weighted by Gasteiger charge is 2.34. The summed E-state index contributed by atoms with van der Waals surface area (Å²) in [6.07, 6.45) is 6.37. The number of nitrogen functional groups attached to an aromatic ring is 1. The van der Waals surface area contributed by atoms with E-state index in [1.807, 2.05) is 0 Å². The summed E-state index contributed by atoms with van der Waals surface area (Å²) in [6.45, 7) is 4.48. The van der Waals surface area contributed by atoms with Gasteiger partial charge in [0.25, 0.3) is 0 Å². The van der Waals surface area contributed by atoms with E-state index in [0.29, 0.717) is 5.82 Å². The van der Waals surface area contributed by atoms with Crippen molar-refractivity contribution in [3.8, 4) is 11.1 Å². The lowest BCUT2D eigenvalue weighted by molar-refractivity contribution is 0.312. The molecule has 0 spiro atoms. The minimum absolute atomic E-state index is 0.181. The molecule has 20 heavy (non-hydrogen) atoms. The smallest absolute Gasteiger partial charge is 0.153 e. The summed E-state index contributed by atoms with van der Waals surface area (Å²) >= 11 is 0. The van der Waals surface area contributed by atoms with Crippen LogP contribution in [0.5, 0.6) is 0 Å². The van der Waals surface area contributed by atoms with Crippen molar-refractivity contribution in [2.75, 3.05) is 5.73 Å². The number of nitrogens with one attached hydrogen (secondary N) is 1. The lowest BCUT2D eigenvalue weighted by Crippen LogP contribution is -2.26. The standard InChI is InChI=1S/C17H23N3/c1-12-8-4-5-9-13(12)14-15(19-20-16(14)18)17(2)10-6-3-7-11-17/h4-5,8-9H,3,6-7,10-11H2,1-2H3,(H3,18,19,20). The third-order valence-electron chi connectivity index (χ3n) is 4.77. The first-order valence-corrected chi connectivity index (χ1v) is 7.52. The van der Waals surface area contributed by atoms with Crippen LogP contribution in [0.15, 0.2) is 24.3 Å². The molecule has 1 aliphatic carbocycles. The van der Waals surface area contributed by atoms with E-state index in [0.717, 1.165) is 5.56 Å². The Kier molecular flexibility index (Phi) is 3.28. The Labute approximate surface area is 120 Å². The maximum absolute atomic E-state index is 6.17. The van der Waals surface area contributed by atoms with E-state index in [2.05, 4.69) is 48.3 Å². The molecule has 3 nitrogen and oxygen atoms in total.